The highest BCUT2D eigenvalue weighted by Gasteiger charge is 2.32. The van der Waals surface area contributed by atoms with Crippen molar-refractivity contribution >= 4 is 5.57 Å². The number of allylic oxidation sites excluding steroid dienone is 6. The standard InChI is InChI=1S/C29H31F3O2/c1-3-4-5-6-19-7-15-26(34-18-19)22-12-13-23(25(30)17-22)20-8-10-21(11-9-20)24-14-16-27(33-2)29(32)28(24)31/h3-4,8-14,16-17,19,26,28-29H,5-7,15,18H2,1-2H3/b4-3+. The molecule has 0 radical (unpaired) electrons. The molecule has 180 valence electrons. The van der Waals surface area contributed by atoms with Gasteiger partial charge in [0.1, 0.15) is 11.6 Å². The lowest BCUT2D eigenvalue weighted by molar-refractivity contribution is -0.0191. The van der Waals surface area contributed by atoms with E-state index in [2.05, 4.69) is 12.2 Å². The van der Waals surface area contributed by atoms with Gasteiger partial charge in [0.25, 0.3) is 0 Å². The highest BCUT2D eigenvalue weighted by molar-refractivity contribution is 5.75. The van der Waals surface area contributed by atoms with Crippen molar-refractivity contribution < 1.29 is 22.6 Å². The Balaban J connectivity index is 1.44. The number of halogens is 3. The molecule has 4 atom stereocenters. The van der Waals surface area contributed by atoms with Crippen LogP contribution >= 0.6 is 0 Å². The Kier molecular flexibility index (Phi) is 7.94. The molecule has 4 rings (SSSR count). The van der Waals surface area contributed by atoms with Gasteiger partial charge in [-0.15, -0.1) is 0 Å². The summed E-state index contributed by atoms with van der Waals surface area (Å²) >= 11 is 0. The van der Waals surface area contributed by atoms with E-state index >= 15 is 4.39 Å². The first-order valence-corrected chi connectivity index (χ1v) is 11.9. The van der Waals surface area contributed by atoms with Crippen LogP contribution in [0.3, 0.4) is 0 Å². The van der Waals surface area contributed by atoms with Gasteiger partial charge in [-0.3, -0.25) is 0 Å². The SMILES string of the molecule is C/C=C/CCC1CCC(c2ccc(-c3ccc(C4=CC=C(OC)C(F)C4F)cc3)c(F)c2)OC1. The number of methoxy groups -OCH3 is 1. The minimum atomic E-state index is -1.83. The number of hydrogen-bond acceptors (Lipinski definition) is 2. The van der Waals surface area contributed by atoms with Crippen molar-refractivity contribution in [2.75, 3.05) is 13.7 Å². The first kappa shape index (κ1) is 24.3. The van der Waals surface area contributed by atoms with Crippen LogP contribution in [-0.4, -0.2) is 26.1 Å². The molecule has 0 N–H and O–H groups in total. The van der Waals surface area contributed by atoms with Crippen LogP contribution in [0.15, 0.2) is 72.5 Å². The van der Waals surface area contributed by atoms with E-state index in [-0.39, 0.29) is 23.3 Å². The molecule has 2 nitrogen and oxygen atoms in total. The van der Waals surface area contributed by atoms with E-state index < -0.39 is 12.3 Å². The summed E-state index contributed by atoms with van der Waals surface area (Å²) < 4.78 is 54.7. The Labute approximate surface area is 199 Å². The molecule has 0 amide bonds. The monoisotopic (exact) mass is 468 g/mol. The maximum absolute atomic E-state index is 15.0. The van der Waals surface area contributed by atoms with E-state index in [4.69, 9.17) is 9.47 Å². The summed E-state index contributed by atoms with van der Waals surface area (Å²) in [5.41, 5.74) is 2.80. The Morgan fingerprint density at radius 1 is 1.00 bits per heavy atom. The zero-order chi connectivity index (χ0) is 24.1. The van der Waals surface area contributed by atoms with E-state index in [1.165, 1.54) is 19.3 Å². The molecular weight excluding hydrogens is 437 g/mol. The van der Waals surface area contributed by atoms with Crippen molar-refractivity contribution in [3.05, 3.63) is 89.5 Å². The predicted molar refractivity (Wildman–Crippen MR) is 130 cm³/mol. The second-order valence-corrected chi connectivity index (χ2v) is 8.93. The van der Waals surface area contributed by atoms with Gasteiger partial charge >= 0.3 is 0 Å². The van der Waals surface area contributed by atoms with E-state index in [0.717, 1.165) is 31.2 Å². The van der Waals surface area contributed by atoms with Gasteiger partial charge in [0.2, 0.25) is 0 Å². The van der Waals surface area contributed by atoms with Crippen molar-refractivity contribution in [3.8, 4) is 11.1 Å². The van der Waals surface area contributed by atoms with Crippen LogP contribution in [0.5, 0.6) is 0 Å². The topological polar surface area (TPSA) is 18.5 Å². The highest BCUT2D eigenvalue weighted by atomic mass is 19.2. The Hall–Kier alpha value is -2.79. The fraction of sp³-hybridized carbons (Fsp3) is 0.379. The molecule has 1 heterocycles. The quantitative estimate of drug-likeness (QED) is 0.384. The molecule has 1 aliphatic carbocycles. The lowest BCUT2D eigenvalue weighted by atomic mass is 9.90. The molecule has 0 spiro atoms. The van der Waals surface area contributed by atoms with Crippen LogP contribution in [0.1, 0.15) is 49.8 Å². The van der Waals surface area contributed by atoms with Crippen molar-refractivity contribution in [3.63, 3.8) is 0 Å². The second-order valence-electron chi connectivity index (χ2n) is 8.93. The largest absolute Gasteiger partial charge is 0.498 e. The third-order valence-corrected chi connectivity index (χ3v) is 6.73. The van der Waals surface area contributed by atoms with Gasteiger partial charge in [-0.25, -0.2) is 13.2 Å². The van der Waals surface area contributed by atoms with Gasteiger partial charge in [0, 0.05) is 5.56 Å². The zero-order valence-electron chi connectivity index (χ0n) is 19.6. The molecule has 5 heteroatoms. The smallest absolute Gasteiger partial charge is 0.192 e. The Bertz CT molecular complexity index is 1060. The molecule has 1 aliphatic heterocycles. The average molecular weight is 469 g/mol. The van der Waals surface area contributed by atoms with Crippen LogP contribution in [0, 0.1) is 11.7 Å². The number of benzene rings is 2. The van der Waals surface area contributed by atoms with Crippen molar-refractivity contribution in [2.45, 2.75) is 51.1 Å². The molecule has 2 aromatic carbocycles. The van der Waals surface area contributed by atoms with Gasteiger partial charge in [0.15, 0.2) is 12.3 Å². The molecule has 1 saturated heterocycles. The minimum absolute atomic E-state index is 0.0267. The van der Waals surface area contributed by atoms with Crippen LogP contribution < -0.4 is 0 Å². The minimum Gasteiger partial charge on any atom is -0.498 e. The molecule has 0 aromatic heterocycles. The summed E-state index contributed by atoms with van der Waals surface area (Å²) in [4.78, 5) is 0. The zero-order valence-corrected chi connectivity index (χ0v) is 19.6. The molecule has 0 saturated carbocycles. The lowest BCUT2D eigenvalue weighted by Gasteiger charge is -2.29. The van der Waals surface area contributed by atoms with Crippen molar-refractivity contribution in [1.82, 2.24) is 0 Å². The van der Waals surface area contributed by atoms with Gasteiger partial charge in [0.05, 0.1) is 19.8 Å². The number of alkyl halides is 2. The maximum atomic E-state index is 15.0. The van der Waals surface area contributed by atoms with E-state index in [9.17, 15) is 8.78 Å². The third-order valence-electron chi connectivity index (χ3n) is 6.73. The summed E-state index contributed by atoms with van der Waals surface area (Å²) in [6.45, 7) is 2.74. The number of hydrogen-bond donors (Lipinski definition) is 0. The maximum Gasteiger partial charge on any atom is 0.192 e. The van der Waals surface area contributed by atoms with Crippen LogP contribution in [0.25, 0.3) is 16.7 Å². The Morgan fingerprint density at radius 3 is 2.41 bits per heavy atom. The molecule has 2 aliphatic rings. The molecule has 2 aromatic rings. The normalized spacial score (nSPS) is 25.2. The molecule has 0 bridgehead atoms. The average Bonchev–Trinajstić information content (AvgIpc) is 2.86. The van der Waals surface area contributed by atoms with Gasteiger partial charge in [-0.1, -0.05) is 54.6 Å². The summed E-state index contributed by atoms with van der Waals surface area (Å²) in [6.07, 6.45) is 7.67. The highest BCUT2D eigenvalue weighted by Crippen LogP contribution is 2.36. The summed E-state index contributed by atoms with van der Waals surface area (Å²) in [7, 11) is 1.32. The van der Waals surface area contributed by atoms with Gasteiger partial charge < -0.3 is 9.47 Å². The van der Waals surface area contributed by atoms with Gasteiger partial charge in [-0.05, 0) is 72.9 Å². The van der Waals surface area contributed by atoms with Crippen molar-refractivity contribution in [1.29, 1.82) is 0 Å². The summed E-state index contributed by atoms with van der Waals surface area (Å²) in [6, 6.07) is 12.1. The summed E-state index contributed by atoms with van der Waals surface area (Å²) in [5, 5.41) is 0. The second kappa shape index (κ2) is 11.1. The van der Waals surface area contributed by atoms with Crippen LogP contribution in [0.2, 0.25) is 0 Å². The first-order valence-electron chi connectivity index (χ1n) is 11.9. The molecule has 1 fully saturated rings. The van der Waals surface area contributed by atoms with Gasteiger partial charge in [-0.2, -0.15) is 0 Å². The van der Waals surface area contributed by atoms with E-state index in [1.54, 1.807) is 36.4 Å². The molecular formula is C29H31F3O2. The molecule has 4 unspecified atom stereocenters. The lowest BCUT2D eigenvalue weighted by Crippen LogP contribution is -2.24. The Morgan fingerprint density at radius 2 is 1.76 bits per heavy atom. The third kappa shape index (κ3) is 5.30. The van der Waals surface area contributed by atoms with Crippen LogP contribution in [0.4, 0.5) is 13.2 Å². The van der Waals surface area contributed by atoms with E-state index in [0.29, 0.717) is 29.2 Å². The number of rotatable bonds is 7. The van der Waals surface area contributed by atoms with E-state index in [1.807, 2.05) is 13.0 Å². The van der Waals surface area contributed by atoms with Crippen LogP contribution in [-0.2, 0) is 9.47 Å². The first-order chi connectivity index (χ1) is 16.5. The fourth-order valence-electron chi connectivity index (χ4n) is 4.70. The predicted octanol–water partition coefficient (Wildman–Crippen LogP) is 7.92. The van der Waals surface area contributed by atoms with Crippen molar-refractivity contribution in [2.24, 2.45) is 5.92 Å². The fourth-order valence-corrected chi connectivity index (χ4v) is 4.70. The number of ether oxygens (including phenoxy) is 2. The molecule has 34 heavy (non-hydrogen) atoms. The summed E-state index contributed by atoms with van der Waals surface area (Å²) in [5.74, 6) is 0.212.